The molecule has 0 atom stereocenters. The lowest BCUT2D eigenvalue weighted by molar-refractivity contribution is -0.159. The number of aromatic nitrogens is 1. The first kappa shape index (κ1) is 27.7. The number of hydrogen-bond acceptors (Lipinski definition) is 6. The van der Waals surface area contributed by atoms with Gasteiger partial charge in [-0.2, -0.15) is 0 Å². The summed E-state index contributed by atoms with van der Waals surface area (Å²) < 4.78 is 26.7. The van der Waals surface area contributed by atoms with Gasteiger partial charge in [-0.3, -0.25) is 4.79 Å². The Balaban J connectivity index is 0.000000568. The summed E-state index contributed by atoms with van der Waals surface area (Å²) in [5.74, 6) is -2.30. The molecule has 0 unspecified atom stereocenters. The molecule has 4 rings (SSSR count). The van der Waals surface area contributed by atoms with Crippen LogP contribution in [0.2, 0.25) is 0 Å². The normalized spacial score (nSPS) is 14.0. The van der Waals surface area contributed by atoms with Gasteiger partial charge in [0.2, 0.25) is 0 Å². The lowest BCUT2D eigenvalue weighted by Crippen LogP contribution is -2.38. The van der Waals surface area contributed by atoms with E-state index in [1.807, 2.05) is 24.4 Å². The second kappa shape index (κ2) is 12.9. The van der Waals surface area contributed by atoms with Gasteiger partial charge in [0.05, 0.1) is 12.6 Å². The van der Waals surface area contributed by atoms with Gasteiger partial charge >= 0.3 is 11.9 Å². The fraction of sp³-hybridized carbons (Fsp3) is 0.370. The third-order valence-corrected chi connectivity index (χ3v) is 6.17. The van der Waals surface area contributed by atoms with Crippen molar-refractivity contribution >= 4 is 28.6 Å². The highest BCUT2D eigenvalue weighted by atomic mass is 19.1. The van der Waals surface area contributed by atoms with Gasteiger partial charge in [0, 0.05) is 36.8 Å². The molecule has 0 saturated carbocycles. The molecule has 1 aliphatic rings. The topological polar surface area (TPSA) is 118 Å². The molecule has 0 aliphatic carbocycles. The Kier molecular flexibility index (Phi) is 9.62. The van der Waals surface area contributed by atoms with Gasteiger partial charge in [-0.1, -0.05) is 12.1 Å². The third-order valence-electron chi connectivity index (χ3n) is 6.17. The summed E-state index contributed by atoms with van der Waals surface area (Å²) in [6, 6.07) is 12.1. The monoisotopic (exact) mass is 514 g/mol. The van der Waals surface area contributed by atoms with E-state index in [0.29, 0.717) is 0 Å². The SMILES string of the molecule is COc1cccc2c(C(C)=O)cn(CCCN3CCC(Oc4ccc(F)cc4)CC3)c12.O=C(O)C(=O)O. The molecule has 1 fully saturated rings. The first-order valence-electron chi connectivity index (χ1n) is 12.0. The van der Waals surface area contributed by atoms with E-state index >= 15 is 0 Å². The van der Waals surface area contributed by atoms with Crippen molar-refractivity contribution in [1.29, 1.82) is 0 Å². The number of carbonyl (C=O) groups is 3. The van der Waals surface area contributed by atoms with Crippen molar-refractivity contribution in [2.24, 2.45) is 0 Å². The van der Waals surface area contributed by atoms with Gasteiger partial charge in [0.25, 0.3) is 0 Å². The Morgan fingerprint density at radius 1 is 1.00 bits per heavy atom. The van der Waals surface area contributed by atoms with Crippen molar-refractivity contribution < 1.29 is 38.5 Å². The maximum absolute atomic E-state index is 13.0. The molecule has 9 nitrogen and oxygen atoms in total. The molecule has 2 N–H and O–H groups in total. The van der Waals surface area contributed by atoms with Crippen LogP contribution in [-0.2, 0) is 16.1 Å². The van der Waals surface area contributed by atoms with Crippen LogP contribution in [0.3, 0.4) is 0 Å². The summed E-state index contributed by atoms with van der Waals surface area (Å²) >= 11 is 0. The number of para-hydroxylation sites is 1. The Morgan fingerprint density at radius 2 is 1.65 bits per heavy atom. The summed E-state index contributed by atoms with van der Waals surface area (Å²) in [7, 11) is 1.66. The zero-order valence-electron chi connectivity index (χ0n) is 20.9. The highest BCUT2D eigenvalue weighted by molar-refractivity contribution is 6.27. The van der Waals surface area contributed by atoms with Gasteiger partial charge in [0.15, 0.2) is 5.78 Å². The average molecular weight is 515 g/mol. The highest BCUT2D eigenvalue weighted by Crippen LogP contribution is 2.30. The third kappa shape index (κ3) is 7.53. The molecule has 1 aliphatic heterocycles. The first-order valence-corrected chi connectivity index (χ1v) is 12.0. The van der Waals surface area contributed by atoms with Gasteiger partial charge in [-0.15, -0.1) is 0 Å². The molecule has 0 amide bonds. The van der Waals surface area contributed by atoms with Crippen LogP contribution in [0.25, 0.3) is 10.9 Å². The van der Waals surface area contributed by atoms with E-state index in [9.17, 15) is 9.18 Å². The number of ether oxygens (including phenoxy) is 2. The van der Waals surface area contributed by atoms with E-state index in [-0.39, 0.29) is 17.7 Å². The number of aliphatic carboxylic acids is 2. The quantitative estimate of drug-likeness (QED) is 0.341. The van der Waals surface area contributed by atoms with E-state index in [1.54, 1.807) is 26.2 Å². The fourth-order valence-corrected chi connectivity index (χ4v) is 4.37. The van der Waals surface area contributed by atoms with Crippen LogP contribution < -0.4 is 9.47 Å². The number of piperidine rings is 1. The summed E-state index contributed by atoms with van der Waals surface area (Å²) in [5, 5.41) is 15.7. The maximum atomic E-state index is 13.0. The summed E-state index contributed by atoms with van der Waals surface area (Å²) in [6.45, 7) is 5.40. The van der Waals surface area contributed by atoms with Gasteiger partial charge in [-0.25, -0.2) is 14.0 Å². The van der Waals surface area contributed by atoms with E-state index in [0.717, 1.165) is 73.4 Å². The van der Waals surface area contributed by atoms with E-state index in [4.69, 9.17) is 29.3 Å². The van der Waals surface area contributed by atoms with Crippen LogP contribution in [0.1, 0.15) is 36.5 Å². The predicted molar refractivity (Wildman–Crippen MR) is 135 cm³/mol. The fourth-order valence-electron chi connectivity index (χ4n) is 4.37. The average Bonchev–Trinajstić information content (AvgIpc) is 3.26. The number of carboxylic acid groups (broad SMARTS) is 2. The lowest BCUT2D eigenvalue weighted by Gasteiger charge is -2.32. The number of Topliss-reactive ketones (excluding diaryl/α,β-unsaturated/α-hetero) is 1. The number of ketones is 1. The van der Waals surface area contributed by atoms with Crippen LogP contribution in [0.5, 0.6) is 11.5 Å². The van der Waals surface area contributed by atoms with Crippen molar-refractivity contribution in [1.82, 2.24) is 9.47 Å². The predicted octanol–water partition coefficient (Wildman–Crippen LogP) is 4.08. The Bertz CT molecular complexity index is 1220. The molecule has 0 bridgehead atoms. The van der Waals surface area contributed by atoms with Crippen LogP contribution >= 0.6 is 0 Å². The van der Waals surface area contributed by atoms with Crippen LogP contribution in [0.15, 0.2) is 48.7 Å². The zero-order chi connectivity index (χ0) is 26.9. The minimum Gasteiger partial charge on any atom is -0.495 e. The number of carboxylic acids is 2. The molecule has 1 aromatic heterocycles. The number of carbonyl (C=O) groups excluding carboxylic acids is 1. The minimum atomic E-state index is -1.82. The van der Waals surface area contributed by atoms with Crippen LogP contribution in [0, 0.1) is 5.82 Å². The summed E-state index contributed by atoms with van der Waals surface area (Å²) in [4.78, 5) is 32.7. The van der Waals surface area contributed by atoms with E-state index in [2.05, 4.69) is 9.47 Å². The second-order valence-electron chi connectivity index (χ2n) is 8.73. The van der Waals surface area contributed by atoms with Crippen LogP contribution in [-0.4, -0.2) is 70.2 Å². The summed E-state index contributed by atoms with van der Waals surface area (Å²) in [6.07, 6.45) is 5.05. The number of methoxy groups -OCH3 is 1. The second-order valence-corrected chi connectivity index (χ2v) is 8.73. The molecule has 1 saturated heterocycles. The van der Waals surface area contributed by atoms with Crippen molar-refractivity contribution in [2.45, 2.75) is 38.8 Å². The Hall–Kier alpha value is -3.92. The Labute approximate surface area is 214 Å². The molecule has 3 aromatic rings. The van der Waals surface area contributed by atoms with Gasteiger partial charge < -0.3 is 29.2 Å². The van der Waals surface area contributed by atoms with Crippen molar-refractivity contribution in [3.05, 3.63) is 60.0 Å². The zero-order valence-corrected chi connectivity index (χ0v) is 20.9. The molecule has 2 aromatic carbocycles. The molecular weight excluding hydrogens is 483 g/mol. The molecule has 2 heterocycles. The van der Waals surface area contributed by atoms with E-state index in [1.165, 1.54) is 12.1 Å². The van der Waals surface area contributed by atoms with Crippen molar-refractivity contribution in [2.75, 3.05) is 26.7 Å². The first-order chi connectivity index (χ1) is 17.7. The van der Waals surface area contributed by atoms with Crippen molar-refractivity contribution in [3.63, 3.8) is 0 Å². The smallest absolute Gasteiger partial charge is 0.414 e. The molecule has 0 spiro atoms. The number of halogens is 1. The lowest BCUT2D eigenvalue weighted by atomic mass is 10.1. The van der Waals surface area contributed by atoms with Gasteiger partial charge in [-0.05, 0) is 63.1 Å². The standard InChI is InChI=1S/C25H29FN2O3.C2H2O4/c1-18(29)23-17-28(25-22(23)5-3-6-24(25)30-2)14-4-13-27-15-11-21(12-16-27)31-20-9-7-19(26)8-10-20;3-1(4)2(5)6/h3,5-10,17,21H,4,11-16H2,1-2H3;(H,3,4)(H,5,6). The summed E-state index contributed by atoms with van der Waals surface area (Å²) in [5.41, 5.74) is 1.73. The molecule has 198 valence electrons. The Morgan fingerprint density at radius 3 is 2.22 bits per heavy atom. The number of nitrogens with zero attached hydrogens (tertiary/aromatic N) is 2. The molecule has 0 radical (unpaired) electrons. The number of fused-ring (bicyclic) bond motifs is 1. The minimum absolute atomic E-state index is 0.0697. The van der Waals surface area contributed by atoms with Gasteiger partial charge in [0.1, 0.15) is 23.4 Å². The number of hydrogen-bond donors (Lipinski definition) is 2. The highest BCUT2D eigenvalue weighted by Gasteiger charge is 2.21. The number of likely N-dealkylation sites (tertiary alicyclic amines) is 1. The molecule has 10 heteroatoms. The maximum Gasteiger partial charge on any atom is 0.414 e. The molecular formula is C27H31FN2O7. The number of rotatable bonds is 8. The number of aryl methyl sites for hydroxylation is 1. The largest absolute Gasteiger partial charge is 0.495 e. The van der Waals surface area contributed by atoms with E-state index < -0.39 is 11.9 Å². The number of benzene rings is 2. The van der Waals surface area contributed by atoms with Crippen molar-refractivity contribution in [3.8, 4) is 11.5 Å². The van der Waals surface area contributed by atoms with Crippen LogP contribution in [0.4, 0.5) is 4.39 Å². The molecule has 37 heavy (non-hydrogen) atoms.